The summed E-state index contributed by atoms with van der Waals surface area (Å²) in [4.78, 5) is 16.8. The molecule has 0 spiro atoms. The summed E-state index contributed by atoms with van der Waals surface area (Å²) in [7, 11) is -3.90. The van der Waals surface area contributed by atoms with Gasteiger partial charge >= 0.3 is 6.03 Å². The molecule has 0 fully saturated rings. The number of urea groups is 1. The van der Waals surface area contributed by atoms with Gasteiger partial charge in [0.2, 0.25) is 9.47 Å². The molecule has 0 aliphatic carbocycles. The first-order chi connectivity index (χ1) is 8.47. The second kappa shape index (κ2) is 4.80. The first-order valence-electron chi connectivity index (χ1n) is 4.57. The minimum atomic E-state index is -3.90. The van der Waals surface area contributed by atoms with Crippen LogP contribution in [0.2, 0.25) is 0 Å². The summed E-state index contributed by atoms with van der Waals surface area (Å²) in [6.07, 6.45) is 4.69. The molecule has 1 aliphatic heterocycles. The monoisotopic (exact) mass is 288 g/mol. The number of aromatic nitrogens is 2. The number of rotatable bonds is 2. The second-order valence-electron chi connectivity index (χ2n) is 3.13. The molecule has 1 aromatic rings. The molecule has 3 N–H and O–H groups in total. The normalized spacial score (nSPS) is 14.8. The lowest BCUT2D eigenvalue weighted by molar-refractivity contribution is 0.229. The molecule has 1 aliphatic rings. The van der Waals surface area contributed by atoms with Crippen molar-refractivity contribution in [2.45, 2.75) is 4.34 Å². The van der Waals surface area contributed by atoms with E-state index >= 15 is 0 Å². The van der Waals surface area contributed by atoms with Crippen molar-refractivity contribution in [3.8, 4) is 0 Å². The number of allylic oxidation sites excluding steroid dienone is 1. The van der Waals surface area contributed by atoms with Crippen molar-refractivity contribution < 1.29 is 13.2 Å². The average molecular weight is 288 g/mol. The zero-order valence-corrected chi connectivity index (χ0v) is 10.5. The fourth-order valence-corrected chi connectivity index (χ4v) is 2.38. The van der Waals surface area contributed by atoms with Gasteiger partial charge in [-0.1, -0.05) is 11.3 Å². The largest absolute Gasteiger partial charge is 0.329 e. The van der Waals surface area contributed by atoms with Crippen molar-refractivity contribution >= 4 is 38.7 Å². The molecular formula is C7H8N6O3S2. The topological polar surface area (TPSA) is 131 Å². The molecule has 0 aromatic carbocycles. The third-order valence-electron chi connectivity index (χ3n) is 1.82. The van der Waals surface area contributed by atoms with Crippen LogP contribution in [0.5, 0.6) is 0 Å². The Kier molecular flexibility index (Phi) is 3.36. The number of nitrogens with one attached hydrogen (secondary N) is 1. The number of carbonyl (C=O) groups is 1. The summed E-state index contributed by atoms with van der Waals surface area (Å²) in [5.41, 5.74) is 0. The summed E-state index contributed by atoms with van der Waals surface area (Å²) < 4.78 is 21.6. The first-order valence-corrected chi connectivity index (χ1v) is 6.93. The fourth-order valence-electron chi connectivity index (χ4n) is 1.06. The molecule has 0 atom stereocenters. The van der Waals surface area contributed by atoms with Gasteiger partial charge in [0.05, 0.1) is 0 Å². The van der Waals surface area contributed by atoms with Crippen molar-refractivity contribution in [2.75, 3.05) is 12.0 Å². The fraction of sp³-hybridized carbons (Fsp3) is 0.143. The van der Waals surface area contributed by atoms with Crippen LogP contribution in [0.15, 0.2) is 21.6 Å². The summed E-state index contributed by atoms with van der Waals surface area (Å²) >= 11 is 0.676. The number of amides is 2. The molecule has 2 heterocycles. The maximum atomic E-state index is 11.7. The van der Waals surface area contributed by atoms with E-state index in [1.807, 2.05) is 0 Å². The predicted molar refractivity (Wildman–Crippen MR) is 64.6 cm³/mol. The molecule has 9 nitrogen and oxygen atoms in total. The number of anilines is 1. The van der Waals surface area contributed by atoms with Crippen molar-refractivity contribution in [2.24, 2.45) is 10.1 Å². The average Bonchev–Trinajstić information content (AvgIpc) is 2.78. The van der Waals surface area contributed by atoms with Crippen molar-refractivity contribution in [1.29, 1.82) is 0 Å². The van der Waals surface area contributed by atoms with Gasteiger partial charge < -0.3 is 0 Å². The first kappa shape index (κ1) is 12.6. The Bertz CT molecular complexity index is 619. The zero-order valence-electron chi connectivity index (χ0n) is 8.85. The van der Waals surface area contributed by atoms with Crippen LogP contribution in [0, 0.1) is 0 Å². The SMILES string of the molecule is NS(=O)(=O)c1nnc(NC(=O)N2C=CC=NC2)s1. The van der Waals surface area contributed by atoms with E-state index in [1.165, 1.54) is 11.1 Å². The predicted octanol–water partition coefficient (Wildman–Crippen LogP) is -0.425. The van der Waals surface area contributed by atoms with Gasteiger partial charge in [-0.3, -0.25) is 15.2 Å². The maximum absolute atomic E-state index is 11.7. The van der Waals surface area contributed by atoms with Crippen LogP contribution >= 0.6 is 11.3 Å². The third kappa shape index (κ3) is 2.88. The van der Waals surface area contributed by atoms with Crippen LogP contribution in [-0.4, -0.2) is 42.4 Å². The molecule has 18 heavy (non-hydrogen) atoms. The van der Waals surface area contributed by atoms with Crippen LogP contribution in [-0.2, 0) is 10.0 Å². The van der Waals surface area contributed by atoms with Gasteiger partial charge in [0.15, 0.2) is 0 Å². The zero-order chi connectivity index (χ0) is 13.2. The molecule has 2 rings (SSSR count). The van der Waals surface area contributed by atoms with E-state index in [1.54, 1.807) is 12.3 Å². The molecule has 0 saturated carbocycles. The highest BCUT2D eigenvalue weighted by atomic mass is 32.2. The number of sulfonamides is 1. The van der Waals surface area contributed by atoms with E-state index in [0.29, 0.717) is 11.3 Å². The molecule has 11 heteroatoms. The Morgan fingerprint density at radius 3 is 2.83 bits per heavy atom. The standard InChI is InChI=1S/C7H8N6O3S2/c8-18(15,16)7-12-11-5(17-7)10-6(14)13-3-1-2-9-4-13/h1-3H,4H2,(H2,8,15,16)(H,10,11,14). The number of hydrogen-bond donors (Lipinski definition) is 2. The summed E-state index contributed by atoms with van der Waals surface area (Å²) in [5, 5.41) is 14.2. The molecule has 0 bridgehead atoms. The van der Waals surface area contributed by atoms with Gasteiger partial charge in [-0.2, -0.15) is 0 Å². The van der Waals surface area contributed by atoms with E-state index in [9.17, 15) is 13.2 Å². The van der Waals surface area contributed by atoms with Gasteiger partial charge in [0.25, 0.3) is 10.0 Å². The lowest BCUT2D eigenvalue weighted by atomic mass is 10.5. The van der Waals surface area contributed by atoms with Crippen LogP contribution in [0.25, 0.3) is 0 Å². The Labute approximate surface area is 106 Å². The van der Waals surface area contributed by atoms with E-state index in [0.717, 1.165) is 0 Å². The van der Waals surface area contributed by atoms with Crippen LogP contribution < -0.4 is 10.5 Å². The van der Waals surface area contributed by atoms with Crippen LogP contribution in [0.3, 0.4) is 0 Å². The number of primary sulfonamides is 1. The molecule has 0 unspecified atom stereocenters. The Balaban J connectivity index is 2.06. The van der Waals surface area contributed by atoms with Crippen LogP contribution in [0.1, 0.15) is 0 Å². The Morgan fingerprint density at radius 2 is 2.28 bits per heavy atom. The number of nitrogens with zero attached hydrogens (tertiary/aromatic N) is 4. The Hall–Kier alpha value is -1.85. The van der Waals surface area contributed by atoms with E-state index < -0.39 is 16.1 Å². The number of hydrogen-bond acceptors (Lipinski definition) is 7. The highest BCUT2D eigenvalue weighted by Crippen LogP contribution is 2.18. The van der Waals surface area contributed by atoms with Gasteiger partial charge in [0, 0.05) is 12.4 Å². The molecule has 0 radical (unpaired) electrons. The molecule has 1 aromatic heterocycles. The summed E-state index contributed by atoms with van der Waals surface area (Å²) in [6.45, 7) is 0.184. The minimum absolute atomic E-state index is 0.0481. The third-order valence-corrected chi connectivity index (χ3v) is 3.96. The molecule has 0 saturated heterocycles. The van der Waals surface area contributed by atoms with Gasteiger partial charge in [-0.25, -0.2) is 18.4 Å². The highest BCUT2D eigenvalue weighted by Gasteiger charge is 2.18. The van der Waals surface area contributed by atoms with Crippen molar-refractivity contribution in [3.63, 3.8) is 0 Å². The van der Waals surface area contributed by atoms with Gasteiger partial charge in [-0.15, -0.1) is 10.2 Å². The number of carbonyl (C=O) groups excluding carboxylic acids is 1. The molecule has 96 valence electrons. The van der Waals surface area contributed by atoms with E-state index in [-0.39, 0.29) is 16.1 Å². The highest BCUT2D eigenvalue weighted by molar-refractivity contribution is 7.91. The van der Waals surface area contributed by atoms with Gasteiger partial charge in [0.1, 0.15) is 6.67 Å². The number of nitrogens with two attached hydrogens (primary N) is 1. The number of aliphatic imine (C=N–C) groups is 1. The van der Waals surface area contributed by atoms with E-state index in [2.05, 4.69) is 20.5 Å². The smallest absolute Gasteiger partial charge is 0.282 e. The van der Waals surface area contributed by atoms with Crippen molar-refractivity contribution in [3.05, 3.63) is 12.3 Å². The second-order valence-corrected chi connectivity index (χ2v) is 5.85. The quantitative estimate of drug-likeness (QED) is 0.713. The maximum Gasteiger partial charge on any atom is 0.329 e. The van der Waals surface area contributed by atoms with Crippen molar-refractivity contribution in [1.82, 2.24) is 15.1 Å². The molecule has 2 amide bonds. The Morgan fingerprint density at radius 1 is 1.50 bits per heavy atom. The molecular weight excluding hydrogens is 280 g/mol. The summed E-state index contributed by atoms with van der Waals surface area (Å²) in [5.74, 6) is 0. The summed E-state index contributed by atoms with van der Waals surface area (Å²) in [6, 6.07) is -0.486. The lowest BCUT2D eigenvalue weighted by Gasteiger charge is -2.16. The minimum Gasteiger partial charge on any atom is -0.282 e. The van der Waals surface area contributed by atoms with Gasteiger partial charge in [-0.05, 0) is 6.08 Å². The van der Waals surface area contributed by atoms with Crippen LogP contribution in [0.4, 0.5) is 9.93 Å². The van der Waals surface area contributed by atoms with E-state index in [4.69, 9.17) is 5.14 Å². The lowest BCUT2D eigenvalue weighted by Crippen LogP contribution is -2.31.